The summed E-state index contributed by atoms with van der Waals surface area (Å²) < 4.78 is 5.95. The van der Waals surface area contributed by atoms with Crippen molar-refractivity contribution in [3.05, 3.63) is 0 Å². The first-order valence-electron chi connectivity index (χ1n) is 8.30. The van der Waals surface area contributed by atoms with Gasteiger partial charge < -0.3 is 14.7 Å². The number of likely N-dealkylation sites (tertiary alicyclic amines) is 1. The van der Waals surface area contributed by atoms with E-state index in [1.165, 1.54) is 0 Å². The highest BCUT2D eigenvalue weighted by molar-refractivity contribution is 5.80. The van der Waals surface area contributed by atoms with Gasteiger partial charge in [-0.3, -0.25) is 9.59 Å². The van der Waals surface area contributed by atoms with Crippen LogP contribution in [0.25, 0.3) is 0 Å². The first kappa shape index (κ1) is 13.6. The SMILES string of the molecule is O=C(O)C1CCCC(C(=O)N2CC3C4CCC(O4)C3C2)C1. The van der Waals surface area contributed by atoms with E-state index in [4.69, 9.17) is 4.74 Å². The molecule has 0 aromatic heterocycles. The number of carbonyl (C=O) groups is 2. The van der Waals surface area contributed by atoms with E-state index in [0.29, 0.717) is 30.5 Å². The Morgan fingerprint density at radius 1 is 0.952 bits per heavy atom. The second-order valence-corrected chi connectivity index (χ2v) is 7.26. The van der Waals surface area contributed by atoms with Crippen LogP contribution in [0.4, 0.5) is 0 Å². The van der Waals surface area contributed by atoms with Crippen LogP contribution in [0.2, 0.25) is 0 Å². The number of carboxylic acid groups (broad SMARTS) is 1. The molecule has 0 aromatic rings. The fourth-order valence-electron chi connectivity index (χ4n) is 5.04. The van der Waals surface area contributed by atoms with Gasteiger partial charge in [0.15, 0.2) is 0 Å². The first-order valence-corrected chi connectivity index (χ1v) is 8.30. The van der Waals surface area contributed by atoms with Gasteiger partial charge in [-0.05, 0) is 32.1 Å². The highest BCUT2D eigenvalue weighted by atomic mass is 16.5. The summed E-state index contributed by atoms with van der Waals surface area (Å²) in [5, 5.41) is 9.17. The summed E-state index contributed by atoms with van der Waals surface area (Å²) in [6.07, 6.45) is 6.02. The van der Waals surface area contributed by atoms with Crippen molar-refractivity contribution in [2.75, 3.05) is 13.1 Å². The molecule has 0 spiro atoms. The van der Waals surface area contributed by atoms with Gasteiger partial charge in [0, 0.05) is 30.8 Å². The molecule has 4 rings (SSSR count). The summed E-state index contributed by atoms with van der Waals surface area (Å²) in [4.78, 5) is 25.9. The van der Waals surface area contributed by atoms with E-state index in [0.717, 1.165) is 45.2 Å². The lowest BCUT2D eigenvalue weighted by atomic mass is 9.81. The zero-order valence-corrected chi connectivity index (χ0v) is 12.2. The number of nitrogens with zero attached hydrogens (tertiary/aromatic N) is 1. The molecule has 1 saturated carbocycles. The Kier molecular flexibility index (Phi) is 3.21. The Balaban J connectivity index is 1.41. The fourth-order valence-corrected chi connectivity index (χ4v) is 5.04. The van der Waals surface area contributed by atoms with Crippen LogP contribution < -0.4 is 0 Å². The third-order valence-corrected chi connectivity index (χ3v) is 6.14. The van der Waals surface area contributed by atoms with E-state index in [2.05, 4.69) is 0 Å². The van der Waals surface area contributed by atoms with Crippen LogP contribution in [0.1, 0.15) is 38.5 Å². The maximum Gasteiger partial charge on any atom is 0.306 e. The minimum absolute atomic E-state index is 0.0720. The number of amides is 1. The quantitative estimate of drug-likeness (QED) is 0.838. The molecule has 1 amide bonds. The van der Waals surface area contributed by atoms with E-state index in [1.54, 1.807) is 0 Å². The molecule has 0 aromatic carbocycles. The molecule has 116 valence electrons. The maximum atomic E-state index is 12.7. The van der Waals surface area contributed by atoms with Crippen molar-refractivity contribution in [3.63, 3.8) is 0 Å². The van der Waals surface area contributed by atoms with Crippen LogP contribution in [-0.4, -0.2) is 47.2 Å². The van der Waals surface area contributed by atoms with E-state index in [-0.39, 0.29) is 17.7 Å². The van der Waals surface area contributed by atoms with Gasteiger partial charge in [-0.15, -0.1) is 0 Å². The Labute approximate surface area is 124 Å². The number of fused-ring (bicyclic) bond motifs is 5. The normalized spacial score (nSPS) is 44.9. The van der Waals surface area contributed by atoms with Gasteiger partial charge in [0.1, 0.15) is 0 Å². The molecule has 3 saturated heterocycles. The fraction of sp³-hybridized carbons (Fsp3) is 0.875. The number of hydrogen-bond acceptors (Lipinski definition) is 3. The van der Waals surface area contributed by atoms with Gasteiger partial charge in [0.05, 0.1) is 18.1 Å². The number of hydrogen-bond donors (Lipinski definition) is 1. The lowest BCUT2D eigenvalue weighted by Crippen LogP contribution is -2.39. The Hall–Kier alpha value is -1.10. The molecular weight excluding hydrogens is 270 g/mol. The van der Waals surface area contributed by atoms with Gasteiger partial charge in [0.25, 0.3) is 0 Å². The second kappa shape index (κ2) is 4.97. The smallest absolute Gasteiger partial charge is 0.306 e. The molecule has 6 unspecified atom stereocenters. The van der Waals surface area contributed by atoms with Crippen LogP contribution in [0.15, 0.2) is 0 Å². The Morgan fingerprint density at radius 2 is 1.57 bits per heavy atom. The highest BCUT2D eigenvalue weighted by Crippen LogP contribution is 2.47. The van der Waals surface area contributed by atoms with Gasteiger partial charge >= 0.3 is 5.97 Å². The number of aliphatic carboxylic acids is 1. The van der Waals surface area contributed by atoms with E-state index in [1.807, 2.05) is 4.90 Å². The van der Waals surface area contributed by atoms with Gasteiger partial charge in [-0.25, -0.2) is 0 Å². The van der Waals surface area contributed by atoms with Crippen molar-refractivity contribution < 1.29 is 19.4 Å². The third-order valence-electron chi connectivity index (χ3n) is 6.14. The third kappa shape index (κ3) is 2.17. The Morgan fingerprint density at radius 3 is 2.19 bits per heavy atom. The molecule has 4 aliphatic rings. The molecule has 5 heteroatoms. The van der Waals surface area contributed by atoms with Crippen LogP contribution in [0.5, 0.6) is 0 Å². The van der Waals surface area contributed by atoms with E-state index < -0.39 is 5.97 Å². The number of carbonyl (C=O) groups excluding carboxylic acids is 1. The van der Waals surface area contributed by atoms with Crippen molar-refractivity contribution >= 4 is 11.9 Å². The van der Waals surface area contributed by atoms with Crippen LogP contribution in [0.3, 0.4) is 0 Å². The van der Waals surface area contributed by atoms with Crippen molar-refractivity contribution in [1.82, 2.24) is 4.90 Å². The summed E-state index contributed by atoms with van der Waals surface area (Å²) in [5.41, 5.74) is 0. The molecule has 3 aliphatic heterocycles. The highest BCUT2D eigenvalue weighted by Gasteiger charge is 2.54. The Bertz CT molecular complexity index is 447. The lowest BCUT2D eigenvalue weighted by molar-refractivity contribution is -0.145. The number of rotatable bonds is 2. The van der Waals surface area contributed by atoms with Crippen molar-refractivity contribution in [3.8, 4) is 0 Å². The summed E-state index contributed by atoms with van der Waals surface area (Å²) in [5.74, 6) is 0.136. The topological polar surface area (TPSA) is 66.8 Å². The number of carboxylic acids is 1. The van der Waals surface area contributed by atoms with Crippen LogP contribution in [0, 0.1) is 23.7 Å². The zero-order chi connectivity index (χ0) is 14.6. The summed E-state index contributed by atoms with van der Waals surface area (Å²) in [6.45, 7) is 1.66. The van der Waals surface area contributed by atoms with E-state index >= 15 is 0 Å². The van der Waals surface area contributed by atoms with Crippen LogP contribution >= 0.6 is 0 Å². The summed E-state index contributed by atoms with van der Waals surface area (Å²) in [7, 11) is 0. The molecule has 4 fully saturated rings. The molecule has 6 atom stereocenters. The van der Waals surface area contributed by atoms with Crippen molar-refractivity contribution in [1.29, 1.82) is 0 Å². The maximum absolute atomic E-state index is 12.7. The van der Waals surface area contributed by atoms with Crippen molar-refractivity contribution in [2.45, 2.75) is 50.7 Å². The van der Waals surface area contributed by atoms with Gasteiger partial charge in [-0.1, -0.05) is 6.42 Å². The second-order valence-electron chi connectivity index (χ2n) is 7.26. The average Bonchev–Trinajstić information content (AvgIpc) is 3.18. The summed E-state index contributed by atoms with van der Waals surface area (Å²) >= 11 is 0. The van der Waals surface area contributed by atoms with E-state index in [9.17, 15) is 14.7 Å². The zero-order valence-electron chi connectivity index (χ0n) is 12.2. The van der Waals surface area contributed by atoms with Gasteiger partial charge in [-0.2, -0.15) is 0 Å². The minimum atomic E-state index is -0.739. The molecule has 5 nitrogen and oxygen atoms in total. The van der Waals surface area contributed by atoms with Gasteiger partial charge in [0.2, 0.25) is 5.91 Å². The molecule has 1 N–H and O–H groups in total. The van der Waals surface area contributed by atoms with Crippen LogP contribution in [-0.2, 0) is 14.3 Å². The first-order chi connectivity index (χ1) is 10.1. The minimum Gasteiger partial charge on any atom is -0.481 e. The monoisotopic (exact) mass is 293 g/mol. The number of ether oxygens (including phenoxy) is 1. The molecule has 0 radical (unpaired) electrons. The molecule has 2 bridgehead atoms. The predicted octanol–water partition coefficient (Wildman–Crippen LogP) is 1.51. The summed E-state index contributed by atoms with van der Waals surface area (Å²) in [6, 6.07) is 0. The molecule has 3 heterocycles. The lowest BCUT2D eigenvalue weighted by Gasteiger charge is -2.30. The molecule has 1 aliphatic carbocycles. The average molecular weight is 293 g/mol. The molecule has 21 heavy (non-hydrogen) atoms. The largest absolute Gasteiger partial charge is 0.481 e. The molecular formula is C16H23NO4. The van der Waals surface area contributed by atoms with Crippen molar-refractivity contribution in [2.24, 2.45) is 23.7 Å². The standard InChI is InChI=1S/C16H23NO4/c18-15(9-2-1-3-10(6-9)16(19)20)17-7-11-12(8-17)14-5-4-13(11)21-14/h9-14H,1-8H2,(H,19,20). The predicted molar refractivity (Wildman–Crippen MR) is 74.5 cm³/mol.